The normalized spacial score (nSPS) is 13.7. The number of hydrogen-bond donors (Lipinski definition) is 3. The van der Waals surface area contributed by atoms with E-state index in [1.807, 2.05) is 23.7 Å². The van der Waals surface area contributed by atoms with Gasteiger partial charge in [0.2, 0.25) is 5.91 Å². The molecule has 1 amide bonds. The van der Waals surface area contributed by atoms with Crippen molar-refractivity contribution in [3.63, 3.8) is 0 Å². The van der Waals surface area contributed by atoms with E-state index in [4.69, 9.17) is 5.73 Å². The van der Waals surface area contributed by atoms with Gasteiger partial charge in [-0.25, -0.2) is 4.98 Å². The first kappa shape index (κ1) is 12.9. The molecule has 6 heteroatoms. The second-order valence-corrected chi connectivity index (χ2v) is 5.73. The number of aromatic nitrogens is 1. The van der Waals surface area contributed by atoms with Gasteiger partial charge in [-0.05, 0) is 24.1 Å². The predicted molar refractivity (Wildman–Crippen MR) is 82.1 cm³/mol. The molecule has 0 saturated carbocycles. The lowest BCUT2D eigenvalue weighted by Gasteiger charge is -2.19. The van der Waals surface area contributed by atoms with E-state index in [0.29, 0.717) is 12.1 Å². The molecule has 5 nitrogen and oxygen atoms in total. The van der Waals surface area contributed by atoms with E-state index in [9.17, 15) is 4.79 Å². The van der Waals surface area contributed by atoms with Crippen molar-refractivity contribution in [1.29, 1.82) is 0 Å². The average molecular weight is 288 g/mol. The molecule has 4 N–H and O–H groups in total. The number of carbonyl (C=O) groups is 1. The van der Waals surface area contributed by atoms with Crippen molar-refractivity contribution in [3.8, 4) is 0 Å². The number of benzene rings is 1. The van der Waals surface area contributed by atoms with Crippen molar-refractivity contribution in [2.75, 3.05) is 22.9 Å². The molecular formula is C14H16N4OS. The first-order valence-corrected chi connectivity index (χ1v) is 7.45. The van der Waals surface area contributed by atoms with Gasteiger partial charge in [-0.2, -0.15) is 0 Å². The molecule has 0 saturated heterocycles. The number of nitrogens with one attached hydrogen (secondary N) is 2. The summed E-state index contributed by atoms with van der Waals surface area (Å²) in [5.41, 5.74) is 9.58. The minimum atomic E-state index is 0.0568. The van der Waals surface area contributed by atoms with E-state index in [2.05, 4.69) is 15.6 Å². The van der Waals surface area contributed by atoms with E-state index in [-0.39, 0.29) is 5.91 Å². The number of nitrogen functional groups attached to an aromatic ring is 1. The molecular weight excluding hydrogens is 272 g/mol. The predicted octanol–water partition coefficient (Wildman–Crippen LogP) is 2.26. The molecule has 2 aromatic rings. The van der Waals surface area contributed by atoms with Crippen LogP contribution in [0.2, 0.25) is 0 Å². The average Bonchev–Trinajstić information content (AvgIpc) is 2.93. The van der Waals surface area contributed by atoms with Crippen LogP contribution in [0.15, 0.2) is 23.7 Å². The van der Waals surface area contributed by atoms with Gasteiger partial charge in [0.15, 0.2) is 0 Å². The molecule has 0 fully saturated rings. The topological polar surface area (TPSA) is 80.0 Å². The zero-order valence-electron chi connectivity index (χ0n) is 11.0. The van der Waals surface area contributed by atoms with E-state index < -0.39 is 0 Å². The lowest BCUT2D eigenvalue weighted by molar-refractivity contribution is -0.116. The molecule has 104 valence electrons. The SMILES string of the molecule is Nc1cc2c(cc1NCCc1nccs1)CCC(=O)N2. The van der Waals surface area contributed by atoms with E-state index >= 15 is 0 Å². The van der Waals surface area contributed by atoms with Crippen LogP contribution in [-0.4, -0.2) is 17.4 Å². The van der Waals surface area contributed by atoms with Crippen molar-refractivity contribution in [3.05, 3.63) is 34.3 Å². The second-order valence-electron chi connectivity index (χ2n) is 4.75. The van der Waals surface area contributed by atoms with Crippen LogP contribution in [-0.2, 0) is 17.6 Å². The third kappa shape index (κ3) is 2.75. The van der Waals surface area contributed by atoms with Crippen LogP contribution in [0.4, 0.5) is 17.1 Å². The van der Waals surface area contributed by atoms with E-state index in [1.165, 1.54) is 0 Å². The van der Waals surface area contributed by atoms with E-state index in [1.54, 1.807) is 11.3 Å². The van der Waals surface area contributed by atoms with Crippen molar-refractivity contribution in [2.24, 2.45) is 0 Å². The van der Waals surface area contributed by atoms with Crippen LogP contribution in [0.3, 0.4) is 0 Å². The van der Waals surface area contributed by atoms with Gasteiger partial charge in [-0.3, -0.25) is 4.79 Å². The fraction of sp³-hybridized carbons (Fsp3) is 0.286. The van der Waals surface area contributed by atoms with Crippen LogP contribution in [0.1, 0.15) is 17.0 Å². The van der Waals surface area contributed by atoms with Crippen LogP contribution < -0.4 is 16.4 Å². The maximum Gasteiger partial charge on any atom is 0.224 e. The Bertz CT molecular complexity index is 624. The lowest BCUT2D eigenvalue weighted by atomic mass is 10.0. The molecule has 2 heterocycles. The van der Waals surface area contributed by atoms with Gasteiger partial charge in [0, 0.05) is 36.7 Å². The van der Waals surface area contributed by atoms with Crippen LogP contribution in [0.5, 0.6) is 0 Å². The Morgan fingerprint density at radius 1 is 1.40 bits per heavy atom. The molecule has 1 aromatic carbocycles. The summed E-state index contributed by atoms with van der Waals surface area (Å²) >= 11 is 1.66. The Hall–Kier alpha value is -2.08. The summed E-state index contributed by atoms with van der Waals surface area (Å²) in [6.45, 7) is 0.795. The smallest absolute Gasteiger partial charge is 0.224 e. The molecule has 0 unspecified atom stereocenters. The first-order valence-electron chi connectivity index (χ1n) is 6.57. The fourth-order valence-corrected chi connectivity index (χ4v) is 2.90. The lowest BCUT2D eigenvalue weighted by Crippen LogP contribution is -2.19. The molecule has 20 heavy (non-hydrogen) atoms. The number of amides is 1. The molecule has 1 aliphatic heterocycles. The molecule has 0 atom stereocenters. The van der Waals surface area contributed by atoms with Gasteiger partial charge in [-0.15, -0.1) is 11.3 Å². The Kier molecular flexibility index (Phi) is 3.56. The van der Waals surface area contributed by atoms with Gasteiger partial charge < -0.3 is 16.4 Å². The summed E-state index contributed by atoms with van der Waals surface area (Å²) in [6, 6.07) is 3.87. The Labute approximate surface area is 121 Å². The number of fused-ring (bicyclic) bond motifs is 1. The largest absolute Gasteiger partial charge is 0.397 e. The van der Waals surface area contributed by atoms with Crippen LogP contribution >= 0.6 is 11.3 Å². The summed E-state index contributed by atoms with van der Waals surface area (Å²) in [5, 5.41) is 9.28. The van der Waals surface area contributed by atoms with Gasteiger partial charge in [-0.1, -0.05) is 0 Å². The molecule has 0 bridgehead atoms. The first-order chi connectivity index (χ1) is 9.72. The number of carbonyl (C=O) groups excluding carboxylic acids is 1. The summed E-state index contributed by atoms with van der Waals surface area (Å²) in [5.74, 6) is 0.0568. The number of nitrogens with two attached hydrogens (primary N) is 1. The maximum atomic E-state index is 11.4. The number of hydrogen-bond acceptors (Lipinski definition) is 5. The minimum Gasteiger partial charge on any atom is -0.397 e. The van der Waals surface area contributed by atoms with Gasteiger partial charge in [0.25, 0.3) is 0 Å². The number of thiazole rings is 1. The van der Waals surface area contributed by atoms with Crippen molar-refractivity contribution in [1.82, 2.24) is 4.98 Å². The quantitative estimate of drug-likeness (QED) is 0.754. The van der Waals surface area contributed by atoms with Gasteiger partial charge in [0.1, 0.15) is 0 Å². The van der Waals surface area contributed by atoms with Crippen LogP contribution in [0, 0.1) is 0 Å². The highest BCUT2D eigenvalue weighted by molar-refractivity contribution is 7.09. The van der Waals surface area contributed by atoms with Gasteiger partial charge >= 0.3 is 0 Å². The zero-order valence-corrected chi connectivity index (χ0v) is 11.8. The molecule has 3 rings (SSSR count). The summed E-state index contributed by atoms with van der Waals surface area (Å²) in [4.78, 5) is 15.6. The van der Waals surface area contributed by atoms with Crippen molar-refractivity contribution in [2.45, 2.75) is 19.3 Å². The Morgan fingerprint density at radius 2 is 2.30 bits per heavy atom. The third-order valence-corrected chi connectivity index (χ3v) is 4.15. The van der Waals surface area contributed by atoms with Crippen molar-refractivity contribution < 1.29 is 4.79 Å². The highest BCUT2D eigenvalue weighted by atomic mass is 32.1. The highest BCUT2D eigenvalue weighted by Gasteiger charge is 2.16. The Balaban J connectivity index is 1.69. The molecule has 0 radical (unpaired) electrons. The summed E-state index contributed by atoms with van der Waals surface area (Å²) < 4.78 is 0. The number of rotatable bonds is 4. The monoisotopic (exact) mass is 288 g/mol. The molecule has 1 aliphatic rings. The summed E-state index contributed by atoms with van der Waals surface area (Å²) in [6.07, 6.45) is 4.00. The molecule has 0 aliphatic carbocycles. The minimum absolute atomic E-state index is 0.0568. The standard InChI is InChI=1S/C14H16N4OS/c15-10-8-11-9(1-2-13(19)18-11)7-12(10)16-4-3-14-17-5-6-20-14/h5-8,16H,1-4,15H2,(H,18,19). The number of aryl methyl sites for hydroxylation is 1. The summed E-state index contributed by atoms with van der Waals surface area (Å²) in [7, 11) is 0. The van der Waals surface area contributed by atoms with Crippen LogP contribution in [0.25, 0.3) is 0 Å². The number of nitrogens with zero attached hydrogens (tertiary/aromatic N) is 1. The molecule has 1 aromatic heterocycles. The highest BCUT2D eigenvalue weighted by Crippen LogP contribution is 2.30. The maximum absolute atomic E-state index is 11.4. The fourth-order valence-electron chi connectivity index (χ4n) is 2.28. The second kappa shape index (κ2) is 5.50. The zero-order chi connectivity index (χ0) is 13.9. The van der Waals surface area contributed by atoms with Gasteiger partial charge in [0.05, 0.1) is 16.4 Å². The third-order valence-electron chi connectivity index (χ3n) is 3.31. The molecule has 0 spiro atoms. The number of anilines is 3. The van der Waals surface area contributed by atoms with E-state index in [0.717, 1.165) is 41.3 Å². The Morgan fingerprint density at radius 3 is 3.10 bits per heavy atom. The van der Waals surface area contributed by atoms with Crippen molar-refractivity contribution >= 4 is 34.3 Å².